The van der Waals surface area contributed by atoms with Crippen LogP contribution < -0.4 is 14.2 Å². The van der Waals surface area contributed by atoms with Crippen molar-refractivity contribution in [2.75, 3.05) is 20.8 Å². The Morgan fingerprint density at radius 2 is 1.88 bits per heavy atom. The van der Waals surface area contributed by atoms with Crippen molar-refractivity contribution in [2.24, 2.45) is 0 Å². The quantitative estimate of drug-likeness (QED) is 0.532. The van der Waals surface area contributed by atoms with E-state index in [9.17, 15) is 9.90 Å². The standard InChI is InChI=1S/C20H21ClO5/c1-4-9-26-20-15(21)10-13(11-19(20)25-3)5-7-16(22)14-6-8-17(23)18(12-14)24-2/h5-8,10-12,23H,4,9H2,1-3H3. The number of allylic oxidation sites excluding steroid dienone is 1. The van der Waals surface area contributed by atoms with Crippen LogP contribution in [0, 0.1) is 0 Å². The van der Waals surface area contributed by atoms with Gasteiger partial charge in [-0.15, -0.1) is 0 Å². The Kier molecular flexibility index (Phi) is 6.92. The molecule has 26 heavy (non-hydrogen) atoms. The molecule has 0 aliphatic rings. The highest BCUT2D eigenvalue weighted by atomic mass is 35.5. The fourth-order valence-electron chi connectivity index (χ4n) is 2.28. The second-order valence-electron chi connectivity index (χ2n) is 5.47. The molecule has 1 N–H and O–H groups in total. The Balaban J connectivity index is 2.24. The summed E-state index contributed by atoms with van der Waals surface area (Å²) in [4.78, 5) is 12.3. The summed E-state index contributed by atoms with van der Waals surface area (Å²) in [5.41, 5.74) is 1.10. The average Bonchev–Trinajstić information content (AvgIpc) is 2.65. The summed E-state index contributed by atoms with van der Waals surface area (Å²) in [5, 5.41) is 10.0. The van der Waals surface area contributed by atoms with E-state index in [2.05, 4.69) is 0 Å². The predicted octanol–water partition coefficient (Wildman–Crippen LogP) is 4.75. The van der Waals surface area contributed by atoms with E-state index in [0.717, 1.165) is 6.42 Å². The van der Waals surface area contributed by atoms with Crippen molar-refractivity contribution in [3.8, 4) is 23.0 Å². The maximum absolute atomic E-state index is 12.3. The van der Waals surface area contributed by atoms with E-state index in [4.69, 9.17) is 25.8 Å². The molecule has 0 spiro atoms. The van der Waals surface area contributed by atoms with Gasteiger partial charge in [-0.05, 0) is 48.4 Å². The van der Waals surface area contributed by atoms with Gasteiger partial charge in [0.15, 0.2) is 28.8 Å². The van der Waals surface area contributed by atoms with Gasteiger partial charge < -0.3 is 19.3 Å². The lowest BCUT2D eigenvalue weighted by Gasteiger charge is -2.12. The molecule has 0 aliphatic heterocycles. The van der Waals surface area contributed by atoms with E-state index < -0.39 is 0 Å². The highest BCUT2D eigenvalue weighted by Gasteiger charge is 2.12. The summed E-state index contributed by atoms with van der Waals surface area (Å²) in [6, 6.07) is 7.88. The Labute approximate surface area is 157 Å². The van der Waals surface area contributed by atoms with E-state index in [1.165, 1.54) is 38.5 Å². The SMILES string of the molecule is CCCOc1c(Cl)cc(C=CC(=O)c2ccc(O)c(OC)c2)cc1OC. The minimum absolute atomic E-state index is 0.0211. The molecule has 0 aliphatic carbocycles. The van der Waals surface area contributed by atoms with Crippen molar-refractivity contribution >= 4 is 23.5 Å². The molecular weight excluding hydrogens is 356 g/mol. The number of hydrogen-bond acceptors (Lipinski definition) is 5. The fourth-order valence-corrected chi connectivity index (χ4v) is 2.55. The lowest BCUT2D eigenvalue weighted by atomic mass is 10.1. The average molecular weight is 377 g/mol. The van der Waals surface area contributed by atoms with Crippen molar-refractivity contribution in [2.45, 2.75) is 13.3 Å². The summed E-state index contributed by atoms with van der Waals surface area (Å²) in [6.07, 6.45) is 3.91. The molecule has 0 saturated carbocycles. The number of halogens is 1. The molecular formula is C20H21ClO5. The molecule has 2 aromatic rings. The van der Waals surface area contributed by atoms with Crippen LogP contribution in [0.15, 0.2) is 36.4 Å². The zero-order chi connectivity index (χ0) is 19.1. The highest BCUT2D eigenvalue weighted by Crippen LogP contribution is 2.37. The number of ether oxygens (including phenoxy) is 3. The monoisotopic (exact) mass is 376 g/mol. The van der Waals surface area contributed by atoms with Gasteiger partial charge in [0.25, 0.3) is 0 Å². The smallest absolute Gasteiger partial charge is 0.185 e. The highest BCUT2D eigenvalue weighted by molar-refractivity contribution is 6.32. The third-order valence-corrected chi connectivity index (χ3v) is 3.87. The third kappa shape index (κ3) is 4.70. The summed E-state index contributed by atoms with van der Waals surface area (Å²) >= 11 is 6.27. The molecule has 2 rings (SSSR count). The van der Waals surface area contributed by atoms with Crippen LogP contribution in [0.1, 0.15) is 29.3 Å². The van der Waals surface area contributed by atoms with E-state index in [-0.39, 0.29) is 17.3 Å². The van der Waals surface area contributed by atoms with Crippen LogP contribution in [0.25, 0.3) is 6.08 Å². The molecule has 0 fully saturated rings. The van der Waals surface area contributed by atoms with E-state index in [1.807, 2.05) is 6.92 Å². The first-order valence-electron chi connectivity index (χ1n) is 8.09. The largest absolute Gasteiger partial charge is 0.504 e. The number of methoxy groups -OCH3 is 2. The van der Waals surface area contributed by atoms with Crippen molar-refractivity contribution < 1.29 is 24.1 Å². The molecule has 0 amide bonds. The van der Waals surface area contributed by atoms with Crippen molar-refractivity contribution in [3.05, 3.63) is 52.6 Å². The van der Waals surface area contributed by atoms with Crippen molar-refractivity contribution in [3.63, 3.8) is 0 Å². The Hall–Kier alpha value is -2.66. The molecule has 0 bridgehead atoms. The number of benzene rings is 2. The van der Waals surface area contributed by atoms with Crippen LogP contribution in [-0.2, 0) is 0 Å². The van der Waals surface area contributed by atoms with Crippen LogP contribution in [0.5, 0.6) is 23.0 Å². The van der Waals surface area contributed by atoms with Gasteiger partial charge in [0.1, 0.15) is 0 Å². The number of carbonyl (C=O) groups is 1. The molecule has 6 heteroatoms. The maximum Gasteiger partial charge on any atom is 0.185 e. The second-order valence-corrected chi connectivity index (χ2v) is 5.87. The zero-order valence-electron chi connectivity index (χ0n) is 14.9. The van der Waals surface area contributed by atoms with Crippen molar-refractivity contribution in [1.82, 2.24) is 0 Å². The Bertz CT molecular complexity index is 814. The summed E-state index contributed by atoms with van der Waals surface area (Å²) in [7, 11) is 2.96. The summed E-state index contributed by atoms with van der Waals surface area (Å²) in [6.45, 7) is 2.54. The van der Waals surface area contributed by atoms with Crippen LogP contribution in [-0.4, -0.2) is 31.7 Å². The first-order chi connectivity index (χ1) is 12.5. The molecule has 0 unspecified atom stereocenters. The normalized spacial score (nSPS) is 10.8. The van der Waals surface area contributed by atoms with Gasteiger partial charge in [-0.1, -0.05) is 24.6 Å². The van der Waals surface area contributed by atoms with E-state index in [0.29, 0.717) is 34.3 Å². The maximum atomic E-state index is 12.3. The van der Waals surface area contributed by atoms with Crippen LogP contribution in [0.3, 0.4) is 0 Å². The van der Waals surface area contributed by atoms with Crippen LogP contribution in [0.4, 0.5) is 0 Å². The molecule has 0 heterocycles. The van der Waals surface area contributed by atoms with E-state index in [1.54, 1.807) is 18.2 Å². The third-order valence-electron chi connectivity index (χ3n) is 3.59. The number of aromatic hydroxyl groups is 1. The lowest BCUT2D eigenvalue weighted by molar-refractivity contribution is 0.104. The molecule has 5 nitrogen and oxygen atoms in total. The van der Waals surface area contributed by atoms with Crippen LogP contribution >= 0.6 is 11.6 Å². The van der Waals surface area contributed by atoms with Gasteiger partial charge in [0.2, 0.25) is 0 Å². The minimum Gasteiger partial charge on any atom is -0.504 e. The molecule has 138 valence electrons. The van der Waals surface area contributed by atoms with Gasteiger partial charge in [-0.25, -0.2) is 0 Å². The van der Waals surface area contributed by atoms with Gasteiger partial charge in [-0.2, -0.15) is 0 Å². The molecule has 0 aromatic heterocycles. The first-order valence-corrected chi connectivity index (χ1v) is 8.47. The molecule has 2 aromatic carbocycles. The fraction of sp³-hybridized carbons (Fsp3) is 0.250. The molecule has 0 atom stereocenters. The number of rotatable bonds is 8. The molecule has 0 radical (unpaired) electrons. The van der Waals surface area contributed by atoms with E-state index >= 15 is 0 Å². The van der Waals surface area contributed by atoms with Crippen LogP contribution in [0.2, 0.25) is 5.02 Å². The topological polar surface area (TPSA) is 65.0 Å². The number of hydrogen-bond donors (Lipinski definition) is 1. The molecule has 0 saturated heterocycles. The Morgan fingerprint density at radius 3 is 2.54 bits per heavy atom. The Morgan fingerprint density at radius 1 is 1.15 bits per heavy atom. The summed E-state index contributed by atoms with van der Waals surface area (Å²) in [5.74, 6) is 0.982. The first kappa shape index (κ1) is 19.7. The number of phenols is 1. The van der Waals surface area contributed by atoms with Gasteiger partial charge >= 0.3 is 0 Å². The zero-order valence-corrected chi connectivity index (χ0v) is 15.7. The van der Waals surface area contributed by atoms with Gasteiger partial charge in [-0.3, -0.25) is 4.79 Å². The van der Waals surface area contributed by atoms with Gasteiger partial charge in [0.05, 0.1) is 25.8 Å². The second kappa shape index (κ2) is 9.15. The van der Waals surface area contributed by atoms with Crippen molar-refractivity contribution in [1.29, 1.82) is 0 Å². The predicted molar refractivity (Wildman–Crippen MR) is 102 cm³/mol. The minimum atomic E-state index is -0.232. The van der Waals surface area contributed by atoms with Gasteiger partial charge in [0, 0.05) is 5.56 Å². The number of carbonyl (C=O) groups excluding carboxylic acids is 1. The number of phenolic OH excluding ortho intramolecular Hbond substituents is 1. The number of ketones is 1. The summed E-state index contributed by atoms with van der Waals surface area (Å²) < 4.78 is 16.0. The lowest BCUT2D eigenvalue weighted by Crippen LogP contribution is -1.99.